The number of rotatable bonds is 0. The summed E-state index contributed by atoms with van der Waals surface area (Å²) in [4.78, 5) is 3.78. The monoisotopic (exact) mass is 89.1 g/mol. The Bertz CT molecular complexity index is 113. The average molecular weight is 89.0 g/mol. The van der Waals surface area contributed by atoms with Crippen LogP contribution in [0.15, 0.2) is 18.7 Å². The second kappa shape index (κ2) is 2.90. The van der Waals surface area contributed by atoms with Crippen LogP contribution < -0.4 is 0 Å². The van der Waals surface area contributed by atoms with Crippen molar-refractivity contribution in [3.8, 4) is 0 Å². The Morgan fingerprint density at radius 3 is 2.43 bits per heavy atom. The van der Waals surface area contributed by atoms with E-state index in [1.807, 2.05) is 17.8 Å². The summed E-state index contributed by atoms with van der Waals surface area (Å²) >= 11 is 0. The molecule has 1 heterocycles. The van der Waals surface area contributed by atoms with E-state index in [9.17, 15) is 0 Å². The van der Waals surface area contributed by atoms with Gasteiger partial charge in [0.25, 0.3) is 0 Å². The minimum absolute atomic E-state index is 0. The fourth-order valence-electron chi connectivity index (χ4n) is 0.326. The molecule has 7 heavy (non-hydrogen) atoms. The van der Waals surface area contributed by atoms with Gasteiger partial charge in [0, 0.05) is 38.3 Å². The second-order valence-corrected chi connectivity index (χ2v) is 1.23. The molecule has 0 spiro atoms. The number of hydrogen-bond donors (Lipinski definition) is 0. The van der Waals surface area contributed by atoms with Gasteiger partial charge in [-0.15, -0.1) is 0 Å². The smallest absolute Gasteiger partial charge is 0.0943 e. The first-order valence-electron chi connectivity index (χ1n) is 1.81. The zero-order valence-electron chi connectivity index (χ0n) is 4.63. The van der Waals surface area contributed by atoms with Crippen LogP contribution in [0.1, 0.15) is 0 Å². The van der Waals surface area contributed by atoms with E-state index in [1.165, 1.54) is 0 Å². The summed E-state index contributed by atoms with van der Waals surface area (Å²) in [7, 11) is 1.94. The average Bonchev–Trinajstić information content (AvgIpc) is 1.86. The summed E-state index contributed by atoms with van der Waals surface area (Å²) in [5.41, 5.74) is 0. The minimum atomic E-state index is 0. The van der Waals surface area contributed by atoms with E-state index in [-0.39, 0.29) is 18.9 Å². The Labute approximate surface area is 54.7 Å². The molecule has 0 atom stereocenters. The molecule has 0 saturated carbocycles. The van der Waals surface area contributed by atoms with Gasteiger partial charge in [-0.05, 0) is 0 Å². The Morgan fingerprint density at radius 1 is 1.57 bits per heavy atom. The molecule has 0 aromatic carbocycles. The molecule has 0 aliphatic carbocycles. The van der Waals surface area contributed by atoms with E-state index in [1.54, 1.807) is 12.5 Å². The predicted molar refractivity (Wildman–Crippen MR) is 29.0 cm³/mol. The Morgan fingerprint density at radius 2 is 2.29 bits per heavy atom. The standard InChI is InChI=1S/C4H6N2.Li/c1-6-3-2-5-4-6;/h2-4H,1H3;. The molecule has 0 aliphatic rings. The molecule has 0 fully saturated rings. The Balaban J connectivity index is 0.000000360. The van der Waals surface area contributed by atoms with E-state index in [4.69, 9.17) is 0 Å². The largest absolute Gasteiger partial charge is 0.341 e. The summed E-state index contributed by atoms with van der Waals surface area (Å²) < 4.78 is 1.89. The number of aryl methyl sites for hydroxylation is 1. The summed E-state index contributed by atoms with van der Waals surface area (Å²) in [6.07, 6.45) is 5.39. The molecule has 0 unspecified atom stereocenters. The normalized spacial score (nSPS) is 7.57. The fraction of sp³-hybridized carbons (Fsp3) is 0.250. The van der Waals surface area contributed by atoms with Gasteiger partial charge in [0.15, 0.2) is 0 Å². The van der Waals surface area contributed by atoms with Gasteiger partial charge in [-0.2, -0.15) is 0 Å². The predicted octanol–water partition coefficient (Wildman–Crippen LogP) is 0.0393. The van der Waals surface area contributed by atoms with Gasteiger partial charge in [-0.25, -0.2) is 4.98 Å². The van der Waals surface area contributed by atoms with Gasteiger partial charge in [0.2, 0.25) is 0 Å². The van der Waals surface area contributed by atoms with Crippen molar-refractivity contribution in [2.75, 3.05) is 0 Å². The zero-order valence-corrected chi connectivity index (χ0v) is 4.63. The molecule has 0 N–H and O–H groups in total. The molecule has 1 aromatic heterocycles. The van der Waals surface area contributed by atoms with E-state index in [0.717, 1.165) is 0 Å². The van der Waals surface area contributed by atoms with Crippen molar-refractivity contribution in [3.63, 3.8) is 0 Å². The SMILES string of the molecule is Cn1ccnc1.[Li]. The molecule has 2 nitrogen and oxygen atoms in total. The topological polar surface area (TPSA) is 17.8 Å². The molecule has 1 radical (unpaired) electrons. The third-order valence-electron chi connectivity index (χ3n) is 0.637. The molecule has 1 aromatic rings. The molecule has 0 amide bonds. The summed E-state index contributed by atoms with van der Waals surface area (Å²) in [6, 6.07) is 0. The maximum atomic E-state index is 3.78. The quantitative estimate of drug-likeness (QED) is 0.410. The molecule has 33 valence electrons. The van der Waals surface area contributed by atoms with Gasteiger partial charge >= 0.3 is 0 Å². The first-order valence-corrected chi connectivity index (χ1v) is 1.81. The van der Waals surface area contributed by atoms with Crippen molar-refractivity contribution in [1.82, 2.24) is 9.55 Å². The second-order valence-electron chi connectivity index (χ2n) is 1.23. The third kappa shape index (κ3) is 1.82. The van der Waals surface area contributed by atoms with Crippen molar-refractivity contribution in [2.24, 2.45) is 7.05 Å². The Hall–Kier alpha value is -0.193. The minimum Gasteiger partial charge on any atom is -0.341 e. The van der Waals surface area contributed by atoms with Crippen molar-refractivity contribution >= 4 is 18.9 Å². The summed E-state index contributed by atoms with van der Waals surface area (Å²) in [5, 5.41) is 0. The van der Waals surface area contributed by atoms with Gasteiger partial charge in [0.05, 0.1) is 6.33 Å². The van der Waals surface area contributed by atoms with Gasteiger partial charge in [0.1, 0.15) is 0 Å². The van der Waals surface area contributed by atoms with E-state index >= 15 is 0 Å². The maximum Gasteiger partial charge on any atom is 0.0943 e. The number of imidazole rings is 1. The number of nitrogens with zero attached hydrogens (tertiary/aromatic N) is 2. The zero-order chi connectivity index (χ0) is 4.41. The molecule has 0 saturated heterocycles. The Kier molecular flexibility index (Phi) is 2.82. The molecule has 1 rings (SSSR count). The fourth-order valence-corrected chi connectivity index (χ4v) is 0.326. The first-order chi connectivity index (χ1) is 2.89. The molecule has 0 bridgehead atoms. The van der Waals surface area contributed by atoms with Crippen LogP contribution in [0.5, 0.6) is 0 Å². The van der Waals surface area contributed by atoms with E-state index in [0.29, 0.717) is 0 Å². The van der Waals surface area contributed by atoms with E-state index in [2.05, 4.69) is 4.98 Å². The molecule has 0 aliphatic heterocycles. The summed E-state index contributed by atoms with van der Waals surface area (Å²) in [5.74, 6) is 0. The number of aromatic nitrogens is 2. The van der Waals surface area contributed by atoms with Gasteiger partial charge < -0.3 is 4.57 Å². The molecular formula is C4H6LiN2. The van der Waals surface area contributed by atoms with Crippen LogP contribution in [-0.2, 0) is 7.05 Å². The van der Waals surface area contributed by atoms with Crippen molar-refractivity contribution in [1.29, 1.82) is 0 Å². The molecule has 3 heteroatoms. The van der Waals surface area contributed by atoms with Crippen LogP contribution >= 0.6 is 0 Å². The van der Waals surface area contributed by atoms with Crippen LogP contribution in [0.2, 0.25) is 0 Å². The summed E-state index contributed by atoms with van der Waals surface area (Å²) in [6.45, 7) is 0. The van der Waals surface area contributed by atoms with Gasteiger partial charge in [-0.1, -0.05) is 0 Å². The first kappa shape index (κ1) is 6.81. The maximum absolute atomic E-state index is 3.78. The van der Waals surface area contributed by atoms with E-state index < -0.39 is 0 Å². The van der Waals surface area contributed by atoms with Gasteiger partial charge in [-0.3, -0.25) is 0 Å². The van der Waals surface area contributed by atoms with Crippen LogP contribution in [0, 0.1) is 0 Å². The van der Waals surface area contributed by atoms with Crippen LogP contribution in [-0.4, -0.2) is 28.4 Å². The van der Waals surface area contributed by atoms with Crippen LogP contribution in [0.3, 0.4) is 0 Å². The van der Waals surface area contributed by atoms with Crippen LogP contribution in [0.25, 0.3) is 0 Å². The third-order valence-corrected chi connectivity index (χ3v) is 0.637. The molecular weight excluding hydrogens is 83.0 g/mol. The van der Waals surface area contributed by atoms with Crippen molar-refractivity contribution < 1.29 is 0 Å². The van der Waals surface area contributed by atoms with Crippen molar-refractivity contribution in [2.45, 2.75) is 0 Å². The van der Waals surface area contributed by atoms with Crippen molar-refractivity contribution in [3.05, 3.63) is 18.7 Å². The number of hydrogen-bond acceptors (Lipinski definition) is 1. The van der Waals surface area contributed by atoms with Crippen LogP contribution in [0.4, 0.5) is 0 Å².